The Morgan fingerprint density at radius 3 is 2.54 bits per heavy atom. The number of methoxy groups -OCH3 is 1. The summed E-state index contributed by atoms with van der Waals surface area (Å²) in [5.74, 6) is 0.522. The number of anilines is 3. The zero-order chi connectivity index (χ0) is 25.8. The van der Waals surface area contributed by atoms with Crippen LogP contribution in [-0.2, 0) is 17.9 Å². The van der Waals surface area contributed by atoms with Crippen LogP contribution in [0.15, 0.2) is 66.7 Å². The molecule has 0 aliphatic carbocycles. The molecule has 2 aliphatic rings. The predicted molar refractivity (Wildman–Crippen MR) is 140 cm³/mol. The molecule has 3 aromatic rings. The molecule has 0 saturated carbocycles. The van der Waals surface area contributed by atoms with Gasteiger partial charge in [0, 0.05) is 36.8 Å². The Labute approximate surface area is 215 Å². The number of ether oxygens (including phenoxy) is 2. The number of carbonyl (C=O) groups is 2. The van der Waals surface area contributed by atoms with Crippen LogP contribution in [0.4, 0.5) is 21.9 Å². The molecule has 9 nitrogen and oxygen atoms in total. The van der Waals surface area contributed by atoms with Crippen LogP contribution in [-0.4, -0.2) is 43.4 Å². The van der Waals surface area contributed by atoms with E-state index in [-0.39, 0.29) is 18.0 Å². The van der Waals surface area contributed by atoms with Crippen molar-refractivity contribution in [2.45, 2.75) is 32.0 Å². The second-order valence-corrected chi connectivity index (χ2v) is 9.15. The van der Waals surface area contributed by atoms with Gasteiger partial charge in [-0.05, 0) is 54.8 Å². The lowest BCUT2D eigenvalue weighted by Gasteiger charge is -2.41. The fraction of sp³-hybridized carbons (Fsp3) is 0.286. The van der Waals surface area contributed by atoms with Crippen molar-refractivity contribution in [1.82, 2.24) is 5.32 Å². The van der Waals surface area contributed by atoms with Crippen molar-refractivity contribution < 1.29 is 24.3 Å². The molecular weight excluding hydrogens is 472 g/mol. The Hall–Kier alpha value is -4.24. The van der Waals surface area contributed by atoms with Crippen LogP contribution >= 0.6 is 0 Å². The Bertz CT molecular complexity index is 1270. The third kappa shape index (κ3) is 5.17. The monoisotopic (exact) mass is 502 g/mol. The largest absolute Gasteiger partial charge is 0.497 e. The van der Waals surface area contributed by atoms with Crippen LogP contribution in [0.2, 0.25) is 0 Å². The lowest BCUT2D eigenvalue weighted by atomic mass is 9.99. The summed E-state index contributed by atoms with van der Waals surface area (Å²) in [6.45, 7) is 2.06. The fourth-order valence-electron chi connectivity index (χ4n) is 4.96. The van der Waals surface area contributed by atoms with Gasteiger partial charge >= 0.3 is 6.09 Å². The first-order valence-electron chi connectivity index (χ1n) is 12.3. The quantitative estimate of drug-likeness (QED) is 0.407. The average Bonchev–Trinajstić information content (AvgIpc) is 2.96. The van der Waals surface area contributed by atoms with E-state index < -0.39 is 0 Å². The van der Waals surface area contributed by atoms with E-state index in [1.165, 1.54) is 0 Å². The molecule has 37 heavy (non-hydrogen) atoms. The van der Waals surface area contributed by atoms with Gasteiger partial charge in [-0.15, -0.1) is 0 Å². The van der Waals surface area contributed by atoms with E-state index in [1.807, 2.05) is 54.6 Å². The Morgan fingerprint density at radius 1 is 1.05 bits per heavy atom. The summed E-state index contributed by atoms with van der Waals surface area (Å²) < 4.78 is 10.6. The maximum absolute atomic E-state index is 12.7. The number of benzene rings is 3. The summed E-state index contributed by atoms with van der Waals surface area (Å²) in [7, 11) is 1.61. The summed E-state index contributed by atoms with van der Waals surface area (Å²) in [4.78, 5) is 29.2. The van der Waals surface area contributed by atoms with Gasteiger partial charge in [0.2, 0.25) is 0 Å². The molecule has 2 amide bonds. The molecule has 0 radical (unpaired) electrons. The molecular formula is C28H30N4O5. The van der Waals surface area contributed by atoms with Crippen LogP contribution in [0.25, 0.3) is 0 Å². The molecule has 1 fully saturated rings. The lowest BCUT2D eigenvalue weighted by Crippen LogP contribution is -2.49. The van der Waals surface area contributed by atoms with Gasteiger partial charge < -0.3 is 19.7 Å². The van der Waals surface area contributed by atoms with Crippen molar-refractivity contribution >= 4 is 29.1 Å². The molecule has 1 saturated heterocycles. The van der Waals surface area contributed by atoms with Crippen LogP contribution in [0.5, 0.6) is 5.75 Å². The zero-order valence-electron chi connectivity index (χ0n) is 20.6. The number of rotatable bonds is 7. The highest BCUT2D eigenvalue weighted by atomic mass is 16.6. The Kier molecular flexibility index (Phi) is 7.14. The van der Waals surface area contributed by atoms with Gasteiger partial charge in [0.15, 0.2) is 0 Å². The molecule has 9 heteroatoms. The van der Waals surface area contributed by atoms with Gasteiger partial charge in [-0.3, -0.25) is 20.4 Å². The van der Waals surface area contributed by atoms with Crippen molar-refractivity contribution in [3.8, 4) is 5.75 Å². The van der Waals surface area contributed by atoms with Crippen molar-refractivity contribution in [3.05, 3.63) is 83.4 Å². The second-order valence-electron chi connectivity index (χ2n) is 9.15. The van der Waals surface area contributed by atoms with Crippen LogP contribution in [0, 0.1) is 0 Å². The topological polar surface area (TPSA) is 103 Å². The smallest absolute Gasteiger partial charge is 0.414 e. The third-order valence-corrected chi connectivity index (χ3v) is 6.96. The van der Waals surface area contributed by atoms with E-state index in [0.717, 1.165) is 41.1 Å². The number of amides is 2. The fourth-order valence-corrected chi connectivity index (χ4v) is 4.96. The molecule has 0 unspecified atom stereocenters. The zero-order valence-corrected chi connectivity index (χ0v) is 20.6. The first-order chi connectivity index (χ1) is 18.1. The van der Waals surface area contributed by atoms with Gasteiger partial charge in [-0.25, -0.2) is 4.79 Å². The molecule has 2 aliphatic heterocycles. The molecule has 5 rings (SSSR count). The summed E-state index contributed by atoms with van der Waals surface area (Å²) in [5, 5.41) is 12.7. The maximum atomic E-state index is 12.7. The number of nitrogens with zero attached hydrogens (tertiary/aromatic N) is 2. The maximum Gasteiger partial charge on any atom is 0.414 e. The van der Waals surface area contributed by atoms with Gasteiger partial charge in [0.05, 0.1) is 24.2 Å². The van der Waals surface area contributed by atoms with E-state index in [9.17, 15) is 14.8 Å². The first kappa shape index (κ1) is 24.5. The van der Waals surface area contributed by atoms with Crippen molar-refractivity contribution in [2.24, 2.45) is 0 Å². The SMILES string of the molecule is COc1ccc(CNC(=O)c2ccc(N3CCC(N4C(=O)OCc5ccccc54)CC3)c(NO)c2)cc1. The number of nitrogens with one attached hydrogen (secondary N) is 2. The molecule has 0 spiro atoms. The van der Waals surface area contributed by atoms with E-state index >= 15 is 0 Å². The molecule has 0 aromatic heterocycles. The lowest BCUT2D eigenvalue weighted by molar-refractivity contribution is 0.0951. The number of piperidine rings is 1. The molecule has 2 heterocycles. The first-order valence-corrected chi connectivity index (χ1v) is 12.3. The van der Waals surface area contributed by atoms with Crippen molar-refractivity contribution in [1.29, 1.82) is 0 Å². The molecule has 192 valence electrons. The summed E-state index contributed by atoms with van der Waals surface area (Å²) in [5.41, 5.74) is 6.83. The standard InChI is InChI=1S/C28H30N4O5/c1-36-23-9-6-19(7-10-23)17-29-27(33)20-8-11-26(24(16-20)30-35)31-14-12-22(13-15-31)32-25-5-3-2-4-21(25)18-37-28(32)34/h2-11,16,22,30,35H,12-15,17-18H2,1H3,(H,29,33). The van der Waals surface area contributed by atoms with Crippen LogP contribution in [0.3, 0.4) is 0 Å². The second kappa shape index (κ2) is 10.8. The molecule has 0 bridgehead atoms. The minimum atomic E-state index is -0.306. The summed E-state index contributed by atoms with van der Waals surface area (Å²) in [6.07, 6.45) is 1.19. The number of para-hydroxylation sites is 1. The number of carbonyl (C=O) groups excluding carboxylic acids is 2. The van der Waals surface area contributed by atoms with Crippen molar-refractivity contribution in [3.63, 3.8) is 0 Å². The number of cyclic esters (lactones) is 1. The van der Waals surface area contributed by atoms with Crippen LogP contribution < -0.4 is 25.3 Å². The predicted octanol–water partition coefficient (Wildman–Crippen LogP) is 4.55. The minimum absolute atomic E-state index is 0.0266. The number of hydrogen-bond donors (Lipinski definition) is 3. The van der Waals surface area contributed by atoms with Gasteiger partial charge in [-0.2, -0.15) is 0 Å². The van der Waals surface area contributed by atoms with E-state index in [4.69, 9.17) is 9.47 Å². The highest BCUT2D eigenvalue weighted by Crippen LogP contribution is 2.34. The van der Waals surface area contributed by atoms with E-state index in [1.54, 1.807) is 24.1 Å². The summed E-state index contributed by atoms with van der Waals surface area (Å²) in [6, 6.07) is 20.6. The third-order valence-electron chi connectivity index (χ3n) is 6.96. The minimum Gasteiger partial charge on any atom is -0.497 e. The van der Waals surface area contributed by atoms with E-state index in [2.05, 4.69) is 15.7 Å². The van der Waals surface area contributed by atoms with Crippen molar-refractivity contribution in [2.75, 3.05) is 35.5 Å². The summed E-state index contributed by atoms with van der Waals surface area (Å²) >= 11 is 0. The average molecular weight is 503 g/mol. The Morgan fingerprint density at radius 2 is 1.81 bits per heavy atom. The van der Waals surface area contributed by atoms with Gasteiger partial charge in [-0.1, -0.05) is 30.3 Å². The van der Waals surface area contributed by atoms with Gasteiger partial charge in [0.25, 0.3) is 5.91 Å². The highest BCUT2D eigenvalue weighted by molar-refractivity contribution is 5.96. The molecule has 3 N–H and O–H groups in total. The van der Waals surface area contributed by atoms with Crippen LogP contribution in [0.1, 0.15) is 34.3 Å². The van der Waals surface area contributed by atoms with E-state index in [0.29, 0.717) is 37.5 Å². The highest BCUT2D eigenvalue weighted by Gasteiger charge is 2.34. The number of fused-ring (bicyclic) bond motifs is 1. The molecule has 0 atom stereocenters. The van der Waals surface area contributed by atoms with Gasteiger partial charge in [0.1, 0.15) is 12.4 Å². The number of hydrogen-bond acceptors (Lipinski definition) is 7. The Balaban J connectivity index is 1.23. The normalized spacial score (nSPS) is 15.6. The molecule has 3 aromatic carbocycles.